The smallest absolute Gasteiger partial charge is 0.416 e. The molecule has 34 heavy (non-hydrogen) atoms. The maximum absolute atomic E-state index is 12.8. The number of carbonyl (C=O) groups is 1. The van der Waals surface area contributed by atoms with Crippen molar-refractivity contribution in [3.8, 4) is 0 Å². The monoisotopic (exact) mass is 505 g/mol. The Labute approximate surface area is 206 Å². The average molecular weight is 506 g/mol. The third kappa shape index (κ3) is 7.37. The minimum absolute atomic E-state index is 0.0140. The number of alkyl halides is 3. The highest BCUT2D eigenvalue weighted by molar-refractivity contribution is 7.99. The highest BCUT2D eigenvalue weighted by Crippen LogP contribution is 2.33. The summed E-state index contributed by atoms with van der Waals surface area (Å²) in [5.41, 5.74) is 0.182. The molecule has 0 saturated carbocycles. The zero-order valence-electron chi connectivity index (χ0n) is 18.6. The van der Waals surface area contributed by atoms with Gasteiger partial charge in [0.15, 0.2) is 0 Å². The second-order valence-corrected chi connectivity index (χ2v) is 9.35. The van der Waals surface area contributed by atoms with E-state index in [0.717, 1.165) is 22.1 Å². The summed E-state index contributed by atoms with van der Waals surface area (Å²) in [7, 11) is 0. The summed E-state index contributed by atoms with van der Waals surface area (Å²) in [6.45, 7) is 3.74. The average Bonchev–Trinajstić information content (AvgIpc) is 2.79. The molecule has 1 atom stereocenters. The first-order valence-corrected chi connectivity index (χ1v) is 11.7. The molecule has 0 aliphatic carbocycles. The molecule has 3 aromatic rings. The molecule has 3 nitrogen and oxygen atoms in total. The lowest BCUT2D eigenvalue weighted by atomic mass is 9.94. The van der Waals surface area contributed by atoms with Crippen LogP contribution in [0.15, 0.2) is 82.7 Å². The standard InChI is InChI=1S/C26H23ClF3NO2S/c1-17(2)22(14-12-18-11-13-19(15-23(18)27)26(28,29)30)25(32)33-16-20-7-6-10-24(31-20)34-21-8-4-3-5-9-21/h3-15,17,22H,16H2,1-2H3. The Morgan fingerprint density at radius 2 is 1.82 bits per heavy atom. The number of rotatable bonds is 8. The fourth-order valence-electron chi connectivity index (χ4n) is 3.06. The summed E-state index contributed by atoms with van der Waals surface area (Å²) in [5.74, 6) is -1.14. The van der Waals surface area contributed by atoms with Crippen molar-refractivity contribution < 1.29 is 22.7 Å². The second-order valence-electron chi connectivity index (χ2n) is 7.85. The first-order valence-electron chi connectivity index (χ1n) is 10.5. The molecule has 0 saturated heterocycles. The number of esters is 1. The molecule has 0 fully saturated rings. The van der Waals surface area contributed by atoms with E-state index < -0.39 is 23.6 Å². The van der Waals surface area contributed by atoms with Crippen molar-refractivity contribution in [1.82, 2.24) is 4.98 Å². The van der Waals surface area contributed by atoms with Gasteiger partial charge in [-0.1, -0.05) is 79.7 Å². The number of halogens is 4. The van der Waals surface area contributed by atoms with Crippen LogP contribution in [0.25, 0.3) is 6.08 Å². The molecular formula is C26H23ClF3NO2S. The van der Waals surface area contributed by atoms with Gasteiger partial charge in [0.2, 0.25) is 0 Å². The van der Waals surface area contributed by atoms with Gasteiger partial charge in [-0.15, -0.1) is 0 Å². The van der Waals surface area contributed by atoms with Crippen LogP contribution in [0.1, 0.15) is 30.7 Å². The van der Waals surface area contributed by atoms with Crippen molar-refractivity contribution >= 4 is 35.4 Å². The number of nitrogens with zero attached hydrogens (tertiary/aromatic N) is 1. The van der Waals surface area contributed by atoms with E-state index in [1.807, 2.05) is 56.3 Å². The predicted molar refractivity (Wildman–Crippen MR) is 128 cm³/mol. The quantitative estimate of drug-likeness (QED) is 0.291. The predicted octanol–water partition coefficient (Wildman–Crippen LogP) is 7.93. The molecule has 3 rings (SSSR count). The van der Waals surface area contributed by atoms with Crippen molar-refractivity contribution in [2.45, 2.75) is 36.6 Å². The summed E-state index contributed by atoms with van der Waals surface area (Å²) in [6.07, 6.45) is -1.32. The molecule has 178 valence electrons. The van der Waals surface area contributed by atoms with Gasteiger partial charge < -0.3 is 4.74 Å². The fourth-order valence-corrected chi connectivity index (χ4v) is 4.15. The van der Waals surface area contributed by atoms with E-state index in [2.05, 4.69) is 4.98 Å². The Kier molecular flexibility index (Phi) is 8.80. The summed E-state index contributed by atoms with van der Waals surface area (Å²) in [5, 5.41) is 0.746. The Hall–Kier alpha value is -2.77. The molecular weight excluding hydrogens is 483 g/mol. The van der Waals surface area contributed by atoms with E-state index >= 15 is 0 Å². The lowest BCUT2D eigenvalue weighted by Gasteiger charge is -2.16. The van der Waals surface area contributed by atoms with E-state index in [9.17, 15) is 18.0 Å². The first-order chi connectivity index (χ1) is 16.1. The number of benzene rings is 2. The fraction of sp³-hybridized carbons (Fsp3) is 0.231. The molecule has 0 spiro atoms. The number of carbonyl (C=O) groups excluding carboxylic acids is 1. The largest absolute Gasteiger partial charge is 0.459 e. The molecule has 0 bridgehead atoms. The molecule has 0 N–H and O–H groups in total. The van der Waals surface area contributed by atoms with Gasteiger partial charge in [0.05, 0.1) is 17.2 Å². The van der Waals surface area contributed by atoms with Crippen LogP contribution < -0.4 is 0 Å². The normalized spacial score (nSPS) is 12.8. The van der Waals surface area contributed by atoms with Crippen molar-refractivity contribution in [1.29, 1.82) is 0 Å². The van der Waals surface area contributed by atoms with E-state index in [1.54, 1.807) is 18.2 Å². The maximum atomic E-state index is 12.8. The third-order valence-electron chi connectivity index (χ3n) is 4.91. The Bertz CT molecular complexity index is 1150. The van der Waals surface area contributed by atoms with Gasteiger partial charge in [-0.3, -0.25) is 4.79 Å². The SMILES string of the molecule is CC(C)C(C=Cc1ccc(C(F)(F)F)cc1Cl)C(=O)OCc1cccc(Sc2ccccc2)n1. The first kappa shape index (κ1) is 25.8. The van der Waals surface area contributed by atoms with E-state index in [1.165, 1.54) is 17.8 Å². The van der Waals surface area contributed by atoms with Crippen molar-refractivity contribution in [2.75, 3.05) is 0 Å². The molecule has 0 aliphatic heterocycles. The number of aromatic nitrogens is 1. The van der Waals surface area contributed by atoms with Crippen LogP contribution in [-0.2, 0) is 22.3 Å². The molecule has 1 unspecified atom stereocenters. The van der Waals surface area contributed by atoms with Gasteiger partial charge >= 0.3 is 12.1 Å². The van der Waals surface area contributed by atoms with Crippen LogP contribution in [0.4, 0.5) is 13.2 Å². The van der Waals surface area contributed by atoms with Gasteiger partial charge in [0, 0.05) is 9.92 Å². The van der Waals surface area contributed by atoms with E-state index in [-0.39, 0.29) is 17.5 Å². The van der Waals surface area contributed by atoms with Crippen molar-refractivity contribution in [3.63, 3.8) is 0 Å². The highest BCUT2D eigenvalue weighted by Gasteiger charge is 2.30. The number of ether oxygens (including phenoxy) is 1. The summed E-state index contributed by atoms with van der Waals surface area (Å²) < 4.78 is 44.0. The van der Waals surface area contributed by atoms with E-state index in [4.69, 9.17) is 16.3 Å². The van der Waals surface area contributed by atoms with Crippen LogP contribution in [0.5, 0.6) is 0 Å². The second kappa shape index (κ2) is 11.6. The van der Waals surface area contributed by atoms with Crippen LogP contribution in [-0.4, -0.2) is 11.0 Å². The molecule has 2 aromatic carbocycles. The van der Waals surface area contributed by atoms with Crippen LogP contribution >= 0.6 is 23.4 Å². The zero-order chi connectivity index (χ0) is 24.7. The van der Waals surface area contributed by atoms with Gasteiger partial charge in [-0.25, -0.2) is 4.98 Å². The summed E-state index contributed by atoms with van der Waals surface area (Å²) in [6, 6.07) is 18.5. The molecule has 1 aromatic heterocycles. The third-order valence-corrected chi connectivity index (χ3v) is 6.18. The Morgan fingerprint density at radius 3 is 2.47 bits per heavy atom. The molecule has 1 heterocycles. The lowest BCUT2D eigenvalue weighted by molar-refractivity contribution is -0.149. The van der Waals surface area contributed by atoms with Crippen LogP contribution in [0.3, 0.4) is 0 Å². The molecule has 0 aliphatic rings. The minimum Gasteiger partial charge on any atom is -0.459 e. The Balaban J connectivity index is 1.65. The van der Waals surface area contributed by atoms with Gasteiger partial charge in [-0.05, 0) is 47.9 Å². The van der Waals surface area contributed by atoms with Gasteiger partial charge in [0.1, 0.15) is 11.6 Å². The minimum atomic E-state index is -4.47. The topological polar surface area (TPSA) is 39.2 Å². The number of hydrogen-bond acceptors (Lipinski definition) is 4. The van der Waals surface area contributed by atoms with Gasteiger partial charge in [0.25, 0.3) is 0 Å². The molecule has 0 radical (unpaired) electrons. The summed E-state index contributed by atoms with van der Waals surface area (Å²) in [4.78, 5) is 18.3. The number of pyridine rings is 1. The van der Waals surface area contributed by atoms with Crippen LogP contribution in [0.2, 0.25) is 5.02 Å². The summed E-state index contributed by atoms with van der Waals surface area (Å²) >= 11 is 7.53. The maximum Gasteiger partial charge on any atom is 0.416 e. The number of hydrogen-bond donors (Lipinski definition) is 0. The highest BCUT2D eigenvalue weighted by atomic mass is 35.5. The zero-order valence-corrected chi connectivity index (χ0v) is 20.1. The molecule has 0 amide bonds. The van der Waals surface area contributed by atoms with E-state index in [0.29, 0.717) is 11.3 Å². The van der Waals surface area contributed by atoms with Gasteiger partial charge in [-0.2, -0.15) is 13.2 Å². The van der Waals surface area contributed by atoms with Crippen molar-refractivity contribution in [3.05, 3.63) is 94.6 Å². The lowest BCUT2D eigenvalue weighted by Crippen LogP contribution is -2.21. The molecule has 8 heteroatoms. The Morgan fingerprint density at radius 1 is 1.09 bits per heavy atom. The van der Waals surface area contributed by atoms with Crippen molar-refractivity contribution in [2.24, 2.45) is 11.8 Å². The van der Waals surface area contributed by atoms with Crippen LogP contribution in [0, 0.1) is 11.8 Å².